The second-order valence-electron chi connectivity index (χ2n) is 26.3. The summed E-state index contributed by atoms with van der Waals surface area (Å²) in [4.78, 5) is 0. The molecule has 1 heterocycles. The van der Waals surface area contributed by atoms with Gasteiger partial charge in [0.15, 0.2) is 0 Å². The van der Waals surface area contributed by atoms with Gasteiger partial charge in [0, 0.05) is 0 Å². The Labute approximate surface area is 368 Å². The van der Waals surface area contributed by atoms with Crippen molar-refractivity contribution in [3.05, 3.63) is 69.8 Å². The number of hydrogen-bond acceptors (Lipinski definition) is 2. The molecule has 1 fully saturated rings. The molecule has 0 amide bonds. The normalized spacial score (nSPS) is 20.7. The molecular formula is C48H92GeOSSi6. The maximum atomic E-state index is 7.43. The van der Waals surface area contributed by atoms with Crippen LogP contribution in [0, 0.1) is 0 Å². The number of rotatable bonds is 15. The van der Waals surface area contributed by atoms with Crippen molar-refractivity contribution in [2.24, 2.45) is 0 Å². The molecule has 2 aromatic carbocycles. The standard InChI is InChI=1S/C48H92GeOSSi6/c1-33(2)37-28-39(34(3)4)43(40(29-37)35(5)6)49(32-48(9,36(7)8)50-51-49)44-41(46(54(16,17)18)55(19,20)21)30-38(45(52(10,11)12)53(13,14)15)31-42(44)47(56(22,23)24)57(25,26)27/h28-31,33-35,45-47H,7,32H2,1-6,8-27H3/t48-,49+/m0/s1. The van der Waals surface area contributed by atoms with Crippen LogP contribution in [0.3, 0.4) is 0 Å². The molecule has 0 bridgehead atoms. The first-order valence-corrected chi connectivity index (χ1v) is 51.0. The van der Waals surface area contributed by atoms with Gasteiger partial charge in [-0.2, -0.15) is 0 Å². The Morgan fingerprint density at radius 1 is 0.526 bits per heavy atom. The van der Waals surface area contributed by atoms with E-state index in [1.807, 2.05) is 25.9 Å². The van der Waals surface area contributed by atoms with Crippen LogP contribution in [0.4, 0.5) is 0 Å². The van der Waals surface area contributed by atoms with Gasteiger partial charge in [-0.3, -0.25) is 0 Å². The van der Waals surface area contributed by atoms with Crippen molar-refractivity contribution in [3.63, 3.8) is 0 Å². The van der Waals surface area contributed by atoms with Gasteiger partial charge in [-0.05, 0) is 0 Å². The fourth-order valence-corrected chi connectivity index (χ4v) is 70.4. The maximum absolute atomic E-state index is 7.43. The van der Waals surface area contributed by atoms with Crippen LogP contribution < -0.4 is 8.79 Å². The molecule has 9 heteroatoms. The third-order valence-corrected chi connectivity index (χ3v) is 55.3. The van der Waals surface area contributed by atoms with Crippen molar-refractivity contribution < 1.29 is 4.18 Å². The number of hydrogen-bond donors (Lipinski definition) is 0. The topological polar surface area (TPSA) is 9.23 Å². The van der Waals surface area contributed by atoms with Crippen LogP contribution in [-0.4, -0.2) is 66.2 Å². The molecule has 0 saturated carbocycles. The van der Waals surface area contributed by atoms with Gasteiger partial charge in [0.2, 0.25) is 0 Å². The third kappa shape index (κ3) is 10.9. The summed E-state index contributed by atoms with van der Waals surface area (Å²) in [6.45, 7) is 72.9. The Morgan fingerprint density at radius 2 is 0.825 bits per heavy atom. The molecule has 1 aliphatic rings. The summed E-state index contributed by atoms with van der Waals surface area (Å²) < 4.78 is 11.1. The molecule has 0 spiro atoms. The van der Waals surface area contributed by atoms with Crippen LogP contribution in [0.15, 0.2) is 36.4 Å². The van der Waals surface area contributed by atoms with E-state index in [1.165, 1.54) is 11.1 Å². The SMILES string of the molecule is C=C(C)[C@]1(C)[CH2][Ge@@]([c]2c(C(C)C)cc(C(C)C)cc2C(C)C)([c]2c(C([Si](C)(C)C)[Si](C)(C)C)cc(C([Si](C)(C)C)[Si](C)(C)C)cc2C([Si](C)(C)C)[Si](C)(C)C)[S]O1. The molecule has 0 unspecified atom stereocenters. The van der Waals surface area contributed by atoms with Gasteiger partial charge >= 0.3 is 371 Å². The summed E-state index contributed by atoms with van der Waals surface area (Å²) in [6, 6.07) is 11.3. The Morgan fingerprint density at radius 3 is 1.07 bits per heavy atom. The first kappa shape index (κ1) is 51.7. The quantitative estimate of drug-likeness (QED) is 0.0999. The zero-order chi connectivity index (χ0) is 44.6. The zero-order valence-corrected chi connectivity index (χ0v) is 51.4. The van der Waals surface area contributed by atoms with E-state index < -0.39 is 60.6 Å². The van der Waals surface area contributed by atoms with Gasteiger partial charge in [-0.15, -0.1) is 0 Å². The van der Waals surface area contributed by atoms with Gasteiger partial charge in [0.25, 0.3) is 0 Å². The van der Waals surface area contributed by atoms with Crippen LogP contribution in [0.5, 0.6) is 0 Å². The van der Waals surface area contributed by atoms with E-state index in [0.717, 1.165) is 5.25 Å². The monoisotopic (exact) mass is 958 g/mol. The number of benzene rings is 2. The molecular weight excluding hydrogens is 866 g/mol. The van der Waals surface area contributed by atoms with Gasteiger partial charge in [0.05, 0.1) is 0 Å². The van der Waals surface area contributed by atoms with E-state index in [9.17, 15) is 0 Å². The minimum absolute atomic E-state index is 0.363. The predicted octanol–water partition coefficient (Wildman–Crippen LogP) is 15.6. The third-order valence-electron chi connectivity index (χ3n) is 13.2. The molecule has 0 aliphatic carbocycles. The van der Waals surface area contributed by atoms with Crippen LogP contribution in [0.1, 0.15) is 122 Å². The van der Waals surface area contributed by atoms with Crippen molar-refractivity contribution in [3.8, 4) is 0 Å². The van der Waals surface area contributed by atoms with Crippen LogP contribution in [0.25, 0.3) is 0 Å². The molecule has 1 nitrogen and oxygen atoms in total. The van der Waals surface area contributed by atoms with Crippen molar-refractivity contribution in [2.45, 2.75) is 217 Å². The summed E-state index contributed by atoms with van der Waals surface area (Å²) in [5, 5.41) is 3.09. The summed E-state index contributed by atoms with van der Waals surface area (Å²) >= 11 is -3.63. The first-order valence-electron chi connectivity index (χ1n) is 22.6. The summed E-state index contributed by atoms with van der Waals surface area (Å²) in [5.74, 6) is 1.35. The summed E-state index contributed by atoms with van der Waals surface area (Å²) in [5.41, 5.74) is 10.9. The minimum atomic E-state index is -3.63. The Kier molecular flexibility index (Phi) is 15.5. The fourth-order valence-electron chi connectivity index (χ4n) is 12.3. The molecule has 0 radical (unpaired) electrons. The van der Waals surface area contributed by atoms with E-state index in [1.54, 1.807) is 21.1 Å². The second-order valence-corrected chi connectivity index (χ2v) is 71.2. The molecule has 2 atom stereocenters. The van der Waals surface area contributed by atoms with Crippen LogP contribution in [-0.2, 0) is 4.18 Å². The van der Waals surface area contributed by atoms with E-state index in [-0.39, 0.29) is 5.60 Å². The van der Waals surface area contributed by atoms with Crippen molar-refractivity contribution in [1.82, 2.24) is 0 Å². The predicted molar refractivity (Wildman–Crippen MR) is 285 cm³/mol. The zero-order valence-electron chi connectivity index (χ0n) is 42.5. The molecule has 2 aromatic rings. The van der Waals surface area contributed by atoms with Gasteiger partial charge in [-0.25, -0.2) is 0 Å². The Balaban J connectivity index is 3.07. The second kappa shape index (κ2) is 17.1. The molecule has 1 saturated heterocycles. The van der Waals surface area contributed by atoms with Gasteiger partial charge in [-0.1, -0.05) is 0 Å². The van der Waals surface area contributed by atoms with Crippen LogP contribution in [0.2, 0.25) is 123 Å². The van der Waals surface area contributed by atoms with E-state index in [4.69, 9.17) is 10.8 Å². The summed E-state index contributed by atoms with van der Waals surface area (Å²) in [6.07, 6.45) is 0. The Hall–Kier alpha value is 0.334. The van der Waals surface area contributed by atoms with E-state index in [0.29, 0.717) is 33.2 Å². The molecule has 1 aliphatic heterocycles. The Bertz CT molecular complexity index is 1650. The molecule has 0 N–H and O–H groups in total. The molecule has 3 rings (SSSR count). The van der Waals surface area contributed by atoms with E-state index >= 15 is 0 Å². The molecule has 0 aromatic heterocycles. The van der Waals surface area contributed by atoms with Crippen molar-refractivity contribution >= 4 is 79.7 Å². The average Bonchev–Trinajstić information content (AvgIpc) is 3.30. The van der Waals surface area contributed by atoms with Crippen molar-refractivity contribution in [2.75, 3.05) is 0 Å². The first-order chi connectivity index (χ1) is 25.2. The van der Waals surface area contributed by atoms with Gasteiger partial charge < -0.3 is 0 Å². The van der Waals surface area contributed by atoms with Crippen molar-refractivity contribution in [1.29, 1.82) is 0 Å². The van der Waals surface area contributed by atoms with Gasteiger partial charge in [0.1, 0.15) is 0 Å². The molecule has 324 valence electrons. The fraction of sp³-hybridized carbons (Fsp3) is 0.708. The molecule has 57 heavy (non-hydrogen) atoms. The average molecular weight is 958 g/mol. The summed E-state index contributed by atoms with van der Waals surface area (Å²) in [7, 11) is -8.23. The van der Waals surface area contributed by atoms with E-state index in [2.05, 4.69) is 198 Å². The van der Waals surface area contributed by atoms with Crippen LogP contribution >= 0.6 is 10.4 Å².